The summed E-state index contributed by atoms with van der Waals surface area (Å²) < 4.78 is 39.9. The van der Waals surface area contributed by atoms with Gasteiger partial charge in [0.2, 0.25) is 11.8 Å². The van der Waals surface area contributed by atoms with Gasteiger partial charge in [-0.3, -0.25) is 14.5 Å². The Bertz CT molecular complexity index is 792. The van der Waals surface area contributed by atoms with Crippen molar-refractivity contribution in [2.75, 3.05) is 11.4 Å². The molecule has 1 aromatic carbocycles. The molecule has 3 rings (SSSR count). The third-order valence-corrected chi connectivity index (χ3v) is 4.86. The van der Waals surface area contributed by atoms with E-state index in [1.165, 1.54) is 40.5 Å². The van der Waals surface area contributed by atoms with Crippen molar-refractivity contribution in [3.63, 3.8) is 0 Å². The Kier molecular flexibility index (Phi) is 5.26. The van der Waals surface area contributed by atoms with Gasteiger partial charge in [-0.25, -0.2) is 4.98 Å². The number of rotatable bonds is 5. The van der Waals surface area contributed by atoms with Crippen molar-refractivity contribution in [2.24, 2.45) is 0 Å². The summed E-state index contributed by atoms with van der Waals surface area (Å²) in [6.45, 7) is 0.572. The Balaban J connectivity index is 1.67. The van der Waals surface area contributed by atoms with E-state index in [0.717, 1.165) is 6.42 Å². The van der Waals surface area contributed by atoms with Crippen molar-refractivity contribution in [1.82, 2.24) is 10.3 Å². The molecule has 1 saturated heterocycles. The lowest BCUT2D eigenvalue weighted by Gasteiger charge is -2.21. The van der Waals surface area contributed by atoms with E-state index >= 15 is 0 Å². The Labute approximate surface area is 151 Å². The Morgan fingerprint density at radius 2 is 2.04 bits per heavy atom. The van der Waals surface area contributed by atoms with E-state index in [-0.39, 0.29) is 17.9 Å². The Hall–Kier alpha value is -2.42. The van der Waals surface area contributed by atoms with Crippen LogP contribution in [0.2, 0.25) is 0 Å². The van der Waals surface area contributed by atoms with Gasteiger partial charge < -0.3 is 5.32 Å². The number of halogens is 3. The van der Waals surface area contributed by atoms with Crippen LogP contribution in [0, 0.1) is 0 Å². The molecule has 1 unspecified atom stereocenters. The zero-order chi connectivity index (χ0) is 18.7. The maximum absolute atomic E-state index is 13.3. The molecule has 9 heteroatoms. The van der Waals surface area contributed by atoms with E-state index in [2.05, 4.69) is 4.98 Å². The first-order valence-corrected chi connectivity index (χ1v) is 8.88. The number of hydrogen-bond acceptors (Lipinski definition) is 4. The van der Waals surface area contributed by atoms with Crippen molar-refractivity contribution in [3.05, 3.63) is 47.0 Å². The molecule has 1 aliphatic heterocycles. The second-order valence-corrected chi connectivity index (χ2v) is 6.74. The van der Waals surface area contributed by atoms with Crippen LogP contribution in [0.15, 0.2) is 35.7 Å². The third kappa shape index (κ3) is 4.21. The van der Waals surface area contributed by atoms with Gasteiger partial charge in [0.1, 0.15) is 0 Å². The lowest BCUT2D eigenvalue weighted by Crippen LogP contribution is -2.38. The van der Waals surface area contributed by atoms with E-state index in [4.69, 9.17) is 0 Å². The summed E-state index contributed by atoms with van der Waals surface area (Å²) in [5.41, 5.74) is 0.311. The molecule has 0 spiro atoms. The molecule has 2 aromatic rings. The highest BCUT2D eigenvalue weighted by Gasteiger charge is 2.41. The maximum Gasteiger partial charge on any atom is 0.412 e. The van der Waals surface area contributed by atoms with Gasteiger partial charge in [0.15, 0.2) is 11.2 Å². The highest BCUT2D eigenvalue weighted by atomic mass is 32.1. The van der Waals surface area contributed by atoms with E-state index in [1.807, 2.05) is 5.32 Å². The van der Waals surface area contributed by atoms with Crippen LogP contribution in [-0.4, -0.2) is 29.5 Å². The monoisotopic (exact) mass is 383 g/mol. The SMILES string of the molecule is O=C(Cc1csc(N2CCCC2=O)n1)NC(c1ccccc1)C(F)(F)F. The van der Waals surface area contributed by atoms with Gasteiger partial charge in [-0.1, -0.05) is 30.3 Å². The number of alkyl halides is 3. The summed E-state index contributed by atoms with van der Waals surface area (Å²) in [6.07, 6.45) is -3.68. The summed E-state index contributed by atoms with van der Waals surface area (Å²) in [4.78, 5) is 29.6. The molecule has 26 heavy (non-hydrogen) atoms. The van der Waals surface area contributed by atoms with Gasteiger partial charge in [-0.15, -0.1) is 11.3 Å². The zero-order valence-corrected chi connectivity index (χ0v) is 14.4. The number of amides is 2. The average molecular weight is 383 g/mol. The molecule has 2 heterocycles. The minimum Gasteiger partial charge on any atom is -0.340 e. The van der Waals surface area contributed by atoms with Crippen LogP contribution in [0.1, 0.15) is 30.1 Å². The number of carbonyl (C=O) groups excluding carboxylic acids is 2. The van der Waals surface area contributed by atoms with Crippen molar-refractivity contribution in [2.45, 2.75) is 31.5 Å². The van der Waals surface area contributed by atoms with Crippen LogP contribution in [0.25, 0.3) is 0 Å². The predicted octanol–water partition coefficient (Wildman–Crippen LogP) is 3.23. The summed E-state index contributed by atoms with van der Waals surface area (Å²) in [5.74, 6) is -0.808. The second-order valence-electron chi connectivity index (χ2n) is 5.90. The van der Waals surface area contributed by atoms with E-state index in [9.17, 15) is 22.8 Å². The van der Waals surface area contributed by atoms with Crippen molar-refractivity contribution in [3.8, 4) is 0 Å². The molecule has 1 fully saturated rings. The number of nitrogens with zero attached hydrogens (tertiary/aromatic N) is 2. The van der Waals surface area contributed by atoms with E-state index in [1.54, 1.807) is 11.4 Å². The molecule has 1 N–H and O–H groups in total. The highest BCUT2D eigenvalue weighted by molar-refractivity contribution is 7.14. The third-order valence-electron chi connectivity index (χ3n) is 3.95. The van der Waals surface area contributed by atoms with Gasteiger partial charge in [0.05, 0.1) is 12.1 Å². The molecular weight excluding hydrogens is 367 g/mol. The van der Waals surface area contributed by atoms with Crippen molar-refractivity contribution in [1.29, 1.82) is 0 Å². The highest BCUT2D eigenvalue weighted by Crippen LogP contribution is 2.32. The molecule has 0 aliphatic carbocycles. The minimum atomic E-state index is -4.60. The summed E-state index contributed by atoms with van der Waals surface area (Å²) >= 11 is 1.21. The standard InChI is InChI=1S/C17H16F3N3O2S/c18-17(19,20)15(11-5-2-1-3-6-11)22-13(24)9-12-10-26-16(21-12)23-8-4-7-14(23)25/h1-3,5-6,10,15H,4,7-9H2,(H,22,24). The van der Waals surface area contributed by atoms with Crippen LogP contribution in [0.3, 0.4) is 0 Å². The quantitative estimate of drug-likeness (QED) is 0.862. The largest absolute Gasteiger partial charge is 0.412 e. The maximum atomic E-state index is 13.3. The molecule has 5 nitrogen and oxygen atoms in total. The van der Waals surface area contributed by atoms with Crippen LogP contribution >= 0.6 is 11.3 Å². The van der Waals surface area contributed by atoms with Crippen LogP contribution in [0.4, 0.5) is 18.3 Å². The normalized spacial score (nSPS) is 16.0. The van der Waals surface area contributed by atoms with Crippen molar-refractivity contribution < 1.29 is 22.8 Å². The number of hydrogen-bond donors (Lipinski definition) is 1. The lowest BCUT2D eigenvalue weighted by atomic mass is 10.1. The van der Waals surface area contributed by atoms with Gasteiger partial charge in [-0.2, -0.15) is 13.2 Å². The van der Waals surface area contributed by atoms with Crippen LogP contribution < -0.4 is 10.2 Å². The fourth-order valence-corrected chi connectivity index (χ4v) is 3.60. The molecule has 0 bridgehead atoms. The molecule has 0 saturated carbocycles. The fourth-order valence-electron chi connectivity index (χ4n) is 2.73. The summed E-state index contributed by atoms with van der Waals surface area (Å²) in [6, 6.07) is 5.14. The number of anilines is 1. The summed E-state index contributed by atoms with van der Waals surface area (Å²) in [5, 5.41) is 4.10. The smallest absolute Gasteiger partial charge is 0.340 e. The van der Waals surface area contributed by atoms with Gasteiger partial charge in [-0.05, 0) is 12.0 Å². The Morgan fingerprint density at radius 1 is 1.31 bits per heavy atom. The number of nitrogens with one attached hydrogen (secondary N) is 1. The second kappa shape index (κ2) is 7.45. The fraction of sp³-hybridized carbons (Fsp3) is 0.353. The molecule has 1 atom stereocenters. The van der Waals surface area contributed by atoms with Gasteiger partial charge >= 0.3 is 6.18 Å². The first-order valence-electron chi connectivity index (χ1n) is 8.00. The molecule has 0 radical (unpaired) electrons. The topological polar surface area (TPSA) is 62.3 Å². The lowest BCUT2D eigenvalue weighted by molar-refractivity contribution is -0.163. The Morgan fingerprint density at radius 3 is 2.65 bits per heavy atom. The first kappa shape index (κ1) is 18.4. The van der Waals surface area contributed by atoms with Gasteiger partial charge in [0.25, 0.3) is 0 Å². The average Bonchev–Trinajstić information content (AvgIpc) is 3.21. The van der Waals surface area contributed by atoms with Crippen molar-refractivity contribution >= 4 is 28.3 Å². The minimum absolute atomic E-state index is 0.0310. The molecule has 2 amide bonds. The predicted molar refractivity (Wildman–Crippen MR) is 90.8 cm³/mol. The number of aromatic nitrogens is 1. The number of thiazole rings is 1. The molecular formula is C17H16F3N3O2S. The number of benzene rings is 1. The molecule has 138 valence electrons. The van der Waals surface area contributed by atoms with E-state index < -0.39 is 18.1 Å². The van der Waals surface area contributed by atoms with E-state index in [0.29, 0.717) is 23.8 Å². The zero-order valence-electron chi connectivity index (χ0n) is 13.6. The van der Waals surface area contributed by atoms with Crippen LogP contribution in [-0.2, 0) is 16.0 Å². The molecule has 1 aromatic heterocycles. The summed E-state index contributed by atoms with van der Waals surface area (Å²) in [7, 11) is 0. The molecule has 1 aliphatic rings. The van der Waals surface area contributed by atoms with Crippen LogP contribution in [0.5, 0.6) is 0 Å². The van der Waals surface area contributed by atoms with Gasteiger partial charge in [0, 0.05) is 18.3 Å². The number of carbonyl (C=O) groups is 2. The first-order chi connectivity index (χ1) is 12.3.